The molecule has 0 amide bonds. The number of aryl methyl sites for hydroxylation is 1. The second-order valence-electron chi connectivity index (χ2n) is 5.80. The number of rotatable bonds is 2. The molecule has 3 aromatic rings. The molecule has 128 valence electrons. The highest BCUT2D eigenvalue weighted by molar-refractivity contribution is 7.11. The molecule has 0 aliphatic carbocycles. The van der Waals surface area contributed by atoms with E-state index in [2.05, 4.69) is 11.2 Å². The molecule has 0 bridgehead atoms. The molecule has 1 aliphatic heterocycles. The number of benzene rings is 1. The van der Waals surface area contributed by atoms with Gasteiger partial charge in [-0.2, -0.15) is 18.3 Å². The number of aromatic nitrogens is 2. The maximum Gasteiger partial charge on any atom is 0.435 e. The number of halogens is 3. The average molecular weight is 361 g/mol. The molecular weight excluding hydrogens is 347 g/mol. The molecule has 3 nitrogen and oxygen atoms in total. The minimum Gasteiger partial charge on any atom is -0.322 e. The summed E-state index contributed by atoms with van der Waals surface area (Å²) < 4.78 is 40.4. The van der Waals surface area contributed by atoms with Gasteiger partial charge < -0.3 is 4.90 Å². The van der Waals surface area contributed by atoms with Crippen LogP contribution in [-0.4, -0.2) is 16.3 Å². The van der Waals surface area contributed by atoms with Crippen molar-refractivity contribution < 1.29 is 13.2 Å². The van der Waals surface area contributed by atoms with Crippen LogP contribution in [-0.2, 0) is 13.2 Å². The number of hydrogen-bond acceptors (Lipinski definition) is 3. The lowest BCUT2D eigenvalue weighted by atomic mass is 10.0. The van der Waals surface area contributed by atoms with Gasteiger partial charge in [-0.05, 0) is 34.7 Å². The maximum absolute atomic E-state index is 13.0. The molecule has 4 rings (SSSR count). The lowest BCUT2D eigenvalue weighted by molar-refractivity contribution is -0.141. The van der Waals surface area contributed by atoms with Crippen molar-refractivity contribution in [2.75, 3.05) is 11.4 Å². The first-order valence-corrected chi connectivity index (χ1v) is 8.54. The van der Waals surface area contributed by atoms with E-state index in [4.69, 9.17) is 0 Å². The average Bonchev–Trinajstić information content (AvgIpc) is 3.23. The minimum absolute atomic E-state index is 0.418. The molecule has 25 heavy (non-hydrogen) atoms. The summed E-state index contributed by atoms with van der Waals surface area (Å²) in [4.78, 5) is 2.99. The van der Waals surface area contributed by atoms with Crippen LogP contribution in [0.2, 0.25) is 0 Å². The van der Waals surface area contributed by atoms with Gasteiger partial charge in [0.15, 0.2) is 5.69 Å². The molecule has 1 aromatic carbocycles. The van der Waals surface area contributed by atoms with E-state index in [1.54, 1.807) is 11.3 Å². The van der Waals surface area contributed by atoms with E-state index < -0.39 is 11.9 Å². The SMILES string of the molecule is Cn1nc(C(F)(F)F)cc1N1CC(c2cccs2)=Cc2ccccc21. The second-order valence-corrected chi connectivity index (χ2v) is 6.75. The van der Waals surface area contributed by atoms with Crippen molar-refractivity contribution in [3.05, 3.63) is 64.0 Å². The van der Waals surface area contributed by atoms with E-state index in [1.807, 2.05) is 46.7 Å². The minimum atomic E-state index is -4.46. The monoisotopic (exact) mass is 361 g/mol. The van der Waals surface area contributed by atoms with E-state index >= 15 is 0 Å². The Kier molecular flexibility index (Phi) is 3.68. The molecule has 0 spiro atoms. The molecular formula is C18H14F3N3S. The summed E-state index contributed by atoms with van der Waals surface area (Å²) in [5, 5.41) is 5.64. The smallest absolute Gasteiger partial charge is 0.322 e. The quantitative estimate of drug-likeness (QED) is 0.626. The largest absolute Gasteiger partial charge is 0.435 e. The van der Waals surface area contributed by atoms with Gasteiger partial charge >= 0.3 is 6.18 Å². The number of anilines is 2. The van der Waals surface area contributed by atoms with Crippen LogP contribution in [0.4, 0.5) is 24.7 Å². The first-order chi connectivity index (χ1) is 11.9. The van der Waals surface area contributed by atoms with Crippen molar-refractivity contribution in [1.82, 2.24) is 9.78 Å². The zero-order valence-corrected chi connectivity index (χ0v) is 14.1. The van der Waals surface area contributed by atoms with Crippen molar-refractivity contribution in [2.45, 2.75) is 6.18 Å². The number of alkyl halides is 3. The fourth-order valence-electron chi connectivity index (χ4n) is 3.01. The molecule has 3 heterocycles. The second kappa shape index (κ2) is 5.77. The molecule has 0 unspecified atom stereocenters. The van der Waals surface area contributed by atoms with Crippen LogP contribution in [0.15, 0.2) is 47.8 Å². The van der Waals surface area contributed by atoms with Crippen molar-refractivity contribution in [3.63, 3.8) is 0 Å². The van der Waals surface area contributed by atoms with Crippen LogP contribution in [0.5, 0.6) is 0 Å². The first-order valence-electron chi connectivity index (χ1n) is 7.66. The van der Waals surface area contributed by atoms with E-state index in [1.165, 1.54) is 11.7 Å². The number of nitrogens with zero attached hydrogens (tertiary/aromatic N) is 3. The molecule has 0 radical (unpaired) electrons. The standard InChI is InChI=1S/C18H14F3N3S/c1-23-17(10-16(22-23)18(19,20)21)24-11-13(15-7-4-8-25-15)9-12-5-2-3-6-14(12)24/h2-10H,11H2,1H3. The van der Waals surface area contributed by atoms with Gasteiger partial charge in [-0.3, -0.25) is 4.68 Å². The molecule has 0 atom stereocenters. The van der Waals surface area contributed by atoms with Gasteiger partial charge in [-0.15, -0.1) is 11.3 Å². The van der Waals surface area contributed by atoms with Crippen LogP contribution >= 0.6 is 11.3 Å². The number of thiophene rings is 1. The Morgan fingerprint density at radius 1 is 1.12 bits per heavy atom. The molecule has 2 aromatic heterocycles. The summed E-state index contributed by atoms with van der Waals surface area (Å²) >= 11 is 1.62. The van der Waals surface area contributed by atoms with Crippen LogP contribution in [0.25, 0.3) is 11.6 Å². The molecule has 0 saturated heterocycles. The van der Waals surface area contributed by atoms with Crippen LogP contribution < -0.4 is 4.90 Å². The Morgan fingerprint density at radius 2 is 1.92 bits per heavy atom. The third-order valence-corrected chi connectivity index (χ3v) is 5.09. The van der Waals surface area contributed by atoms with Gasteiger partial charge in [0.2, 0.25) is 0 Å². The number of hydrogen-bond donors (Lipinski definition) is 0. The molecule has 0 fully saturated rings. The predicted octanol–water partition coefficient (Wildman–Crippen LogP) is 5.19. The number of fused-ring (bicyclic) bond motifs is 1. The highest BCUT2D eigenvalue weighted by Crippen LogP contribution is 2.40. The molecule has 7 heteroatoms. The topological polar surface area (TPSA) is 21.1 Å². The summed E-state index contributed by atoms with van der Waals surface area (Å²) in [5.41, 5.74) is 2.05. The highest BCUT2D eigenvalue weighted by Gasteiger charge is 2.36. The van der Waals surface area contributed by atoms with Gasteiger partial charge in [-0.25, -0.2) is 0 Å². The highest BCUT2D eigenvalue weighted by atomic mass is 32.1. The summed E-state index contributed by atoms with van der Waals surface area (Å²) in [5.74, 6) is 0.418. The van der Waals surface area contributed by atoms with Crippen LogP contribution in [0.1, 0.15) is 16.1 Å². The molecule has 1 aliphatic rings. The summed E-state index contributed by atoms with van der Waals surface area (Å²) in [6.07, 6.45) is -2.36. The van der Waals surface area contributed by atoms with Gasteiger partial charge in [-0.1, -0.05) is 24.3 Å². The lowest BCUT2D eigenvalue weighted by Gasteiger charge is -2.30. The fraction of sp³-hybridized carbons (Fsp3) is 0.167. The van der Waals surface area contributed by atoms with E-state index in [0.29, 0.717) is 12.4 Å². The summed E-state index contributed by atoms with van der Waals surface area (Å²) in [6, 6.07) is 12.8. The third-order valence-electron chi connectivity index (χ3n) is 4.15. The third kappa shape index (κ3) is 2.84. The van der Waals surface area contributed by atoms with Crippen molar-refractivity contribution in [3.8, 4) is 0 Å². The lowest BCUT2D eigenvalue weighted by Crippen LogP contribution is -2.25. The summed E-state index contributed by atoms with van der Waals surface area (Å²) in [6.45, 7) is 0.494. The van der Waals surface area contributed by atoms with E-state index in [0.717, 1.165) is 27.8 Å². The van der Waals surface area contributed by atoms with Crippen molar-refractivity contribution in [1.29, 1.82) is 0 Å². The molecule has 0 saturated carbocycles. The van der Waals surface area contributed by atoms with E-state index in [9.17, 15) is 13.2 Å². The van der Waals surface area contributed by atoms with Crippen LogP contribution in [0, 0.1) is 0 Å². The van der Waals surface area contributed by atoms with Gasteiger partial charge in [0.05, 0.1) is 6.54 Å². The van der Waals surface area contributed by atoms with Gasteiger partial charge in [0, 0.05) is 23.7 Å². The zero-order chi connectivity index (χ0) is 17.6. The molecule has 0 N–H and O–H groups in total. The van der Waals surface area contributed by atoms with Crippen molar-refractivity contribution >= 4 is 34.5 Å². The normalized spacial score (nSPS) is 14.4. The predicted molar refractivity (Wildman–Crippen MR) is 93.8 cm³/mol. The Morgan fingerprint density at radius 3 is 2.60 bits per heavy atom. The van der Waals surface area contributed by atoms with Gasteiger partial charge in [0.1, 0.15) is 5.82 Å². The number of para-hydroxylation sites is 1. The van der Waals surface area contributed by atoms with Crippen molar-refractivity contribution in [2.24, 2.45) is 7.05 Å². The Bertz CT molecular complexity index is 939. The summed E-state index contributed by atoms with van der Waals surface area (Å²) in [7, 11) is 1.54. The Balaban J connectivity index is 1.83. The fourth-order valence-corrected chi connectivity index (χ4v) is 3.74. The first kappa shape index (κ1) is 16.0. The maximum atomic E-state index is 13.0. The van der Waals surface area contributed by atoms with Gasteiger partial charge in [0.25, 0.3) is 0 Å². The van der Waals surface area contributed by atoms with E-state index in [-0.39, 0.29) is 0 Å². The Hall–Kier alpha value is -2.54. The Labute approximate surface area is 146 Å². The van der Waals surface area contributed by atoms with Crippen LogP contribution in [0.3, 0.4) is 0 Å². The zero-order valence-electron chi connectivity index (χ0n) is 13.3.